The van der Waals surface area contributed by atoms with Gasteiger partial charge in [0.25, 0.3) is 11.6 Å². The molecule has 0 unspecified atom stereocenters. The van der Waals surface area contributed by atoms with E-state index in [1.807, 2.05) is 29.6 Å². The first kappa shape index (κ1) is 24.1. The lowest BCUT2D eigenvalue weighted by Crippen LogP contribution is -2.47. The number of nitrogens with one attached hydrogen (secondary N) is 2. The van der Waals surface area contributed by atoms with Crippen molar-refractivity contribution in [3.63, 3.8) is 0 Å². The van der Waals surface area contributed by atoms with Crippen LogP contribution in [0.3, 0.4) is 0 Å². The number of hydrogen-bond donors (Lipinski definition) is 2. The van der Waals surface area contributed by atoms with Crippen LogP contribution in [0.4, 0.5) is 10.8 Å². The fourth-order valence-corrected chi connectivity index (χ4v) is 3.89. The summed E-state index contributed by atoms with van der Waals surface area (Å²) in [6.45, 7) is 3.54. The van der Waals surface area contributed by atoms with E-state index in [4.69, 9.17) is 16.3 Å². The largest absolute Gasteiger partial charge is 0.497 e. The fourth-order valence-electron chi connectivity index (χ4n) is 2.96. The Bertz CT molecular complexity index is 1180. The van der Waals surface area contributed by atoms with E-state index in [0.29, 0.717) is 10.8 Å². The zero-order chi connectivity index (χ0) is 24.1. The fraction of sp³-hybridized carbons (Fsp3) is 0.227. The Balaban J connectivity index is 1.73. The minimum Gasteiger partial charge on any atom is -0.497 e. The monoisotopic (exact) mass is 488 g/mol. The summed E-state index contributed by atoms with van der Waals surface area (Å²) in [4.78, 5) is 40.5. The third kappa shape index (κ3) is 5.85. The number of methoxy groups -OCH3 is 1. The van der Waals surface area contributed by atoms with Crippen LogP contribution in [0.25, 0.3) is 11.3 Å². The van der Waals surface area contributed by atoms with E-state index in [1.165, 1.54) is 23.5 Å². The van der Waals surface area contributed by atoms with Crippen molar-refractivity contribution in [3.8, 4) is 17.0 Å². The van der Waals surface area contributed by atoms with Gasteiger partial charge in [0.1, 0.15) is 11.8 Å². The summed E-state index contributed by atoms with van der Waals surface area (Å²) in [5, 5.41) is 18.6. The topological polar surface area (TPSA) is 123 Å². The SMILES string of the molecule is COc1ccc(-c2csc(NC(=O)[C@H](NC(=O)c3cc([N+](=O)[O-])ccc3Cl)C(C)C)n2)cc1. The Hall–Kier alpha value is -3.50. The lowest BCUT2D eigenvalue weighted by atomic mass is 10.0. The number of halogens is 1. The van der Waals surface area contributed by atoms with Gasteiger partial charge >= 0.3 is 0 Å². The van der Waals surface area contributed by atoms with Crippen LogP contribution in [0.15, 0.2) is 47.8 Å². The highest BCUT2D eigenvalue weighted by molar-refractivity contribution is 7.14. The molecule has 0 saturated heterocycles. The second-order valence-corrected chi connectivity index (χ2v) is 8.64. The molecule has 9 nitrogen and oxygen atoms in total. The molecule has 33 heavy (non-hydrogen) atoms. The molecule has 11 heteroatoms. The van der Waals surface area contributed by atoms with Crippen molar-refractivity contribution in [2.75, 3.05) is 12.4 Å². The van der Waals surface area contributed by atoms with Gasteiger partial charge in [-0.1, -0.05) is 25.4 Å². The van der Waals surface area contributed by atoms with E-state index in [2.05, 4.69) is 15.6 Å². The van der Waals surface area contributed by atoms with E-state index >= 15 is 0 Å². The Morgan fingerprint density at radius 2 is 1.88 bits per heavy atom. The van der Waals surface area contributed by atoms with Crippen molar-refractivity contribution in [2.45, 2.75) is 19.9 Å². The molecule has 0 spiro atoms. The maximum absolute atomic E-state index is 12.9. The van der Waals surface area contributed by atoms with E-state index in [0.717, 1.165) is 17.4 Å². The van der Waals surface area contributed by atoms with Gasteiger partial charge < -0.3 is 15.4 Å². The summed E-state index contributed by atoms with van der Waals surface area (Å²) >= 11 is 7.30. The molecule has 3 rings (SSSR count). The van der Waals surface area contributed by atoms with E-state index < -0.39 is 22.8 Å². The van der Waals surface area contributed by atoms with Gasteiger partial charge in [-0.05, 0) is 36.2 Å². The number of non-ortho nitro benzene ring substituents is 1. The number of aromatic nitrogens is 1. The predicted octanol–water partition coefficient (Wildman–Crippen LogP) is 4.77. The molecule has 0 fully saturated rings. The molecule has 0 aliphatic rings. The number of amides is 2. The summed E-state index contributed by atoms with van der Waals surface area (Å²) in [6, 6.07) is 9.99. The number of carbonyl (C=O) groups excluding carboxylic acids is 2. The molecule has 0 aliphatic heterocycles. The van der Waals surface area contributed by atoms with Gasteiger partial charge in [-0.25, -0.2) is 4.98 Å². The summed E-state index contributed by atoms with van der Waals surface area (Å²) < 4.78 is 5.15. The third-order valence-corrected chi connectivity index (χ3v) is 5.85. The van der Waals surface area contributed by atoms with Gasteiger partial charge in [0, 0.05) is 23.1 Å². The Labute approximate surface area is 198 Å². The minimum atomic E-state index is -0.916. The summed E-state index contributed by atoms with van der Waals surface area (Å²) in [6.07, 6.45) is 0. The first-order valence-electron chi connectivity index (χ1n) is 9.85. The van der Waals surface area contributed by atoms with Crippen LogP contribution in [0, 0.1) is 16.0 Å². The first-order chi connectivity index (χ1) is 15.7. The van der Waals surface area contributed by atoms with E-state index in [-0.39, 0.29) is 22.2 Å². The van der Waals surface area contributed by atoms with Crippen molar-refractivity contribution in [1.82, 2.24) is 10.3 Å². The van der Waals surface area contributed by atoms with Gasteiger partial charge in [0.15, 0.2) is 5.13 Å². The second-order valence-electron chi connectivity index (χ2n) is 7.37. The average Bonchev–Trinajstić information content (AvgIpc) is 3.25. The lowest BCUT2D eigenvalue weighted by Gasteiger charge is -2.21. The molecule has 3 aromatic rings. The highest BCUT2D eigenvalue weighted by Crippen LogP contribution is 2.27. The number of hydrogen-bond acceptors (Lipinski definition) is 7. The van der Waals surface area contributed by atoms with Crippen molar-refractivity contribution in [1.29, 1.82) is 0 Å². The predicted molar refractivity (Wildman–Crippen MR) is 127 cm³/mol. The van der Waals surface area contributed by atoms with Gasteiger partial charge in [-0.15, -0.1) is 11.3 Å². The zero-order valence-corrected chi connectivity index (χ0v) is 19.6. The normalized spacial score (nSPS) is 11.7. The smallest absolute Gasteiger partial charge is 0.270 e. The number of anilines is 1. The Kier molecular flexibility index (Phi) is 7.62. The summed E-state index contributed by atoms with van der Waals surface area (Å²) in [5.74, 6) is -0.694. The maximum atomic E-state index is 12.9. The van der Waals surface area contributed by atoms with Crippen LogP contribution in [0.1, 0.15) is 24.2 Å². The standard InChI is InChI=1S/C22H21ClN4O5S/c1-12(2)19(25-20(28)16-10-14(27(30)31)6-9-17(16)23)21(29)26-22-24-18(11-33-22)13-4-7-15(32-3)8-5-13/h4-12,19H,1-3H3,(H,25,28)(H,24,26,29)/t19-/m1/s1. The number of nitro benzene ring substituents is 1. The van der Waals surface area contributed by atoms with Crippen LogP contribution in [0.2, 0.25) is 5.02 Å². The van der Waals surface area contributed by atoms with Crippen molar-refractivity contribution >= 4 is 45.6 Å². The first-order valence-corrected chi connectivity index (χ1v) is 11.1. The minimum absolute atomic E-state index is 0.0464. The molecular formula is C22H21ClN4O5S. The molecule has 2 aromatic carbocycles. The second kappa shape index (κ2) is 10.4. The Morgan fingerprint density at radius 3 is 2.48 bits per heavy atom. The lowest BCUT2D eigenvalue weighted by molar-refractivity contribution is -0.384. The van der Waals surface area contributed by atoms with Crippen molar-refractivity contribution < 1.29 is 19.2 Å². The molecule has 2 N–H and O–H groups in total. The molecule has 0 radical (unpaired) electrons. The molecule has 1 aromatic heterocycles. The van der Waals surface area contributed by atoms with Crippen LogP contribution in [0.5, 0.6) is 5.75 Å². The van der Waals surface area contributed by atoms with Gasteiger partial charge in [-0.3, -0.25) is 19.7 Å². The Morgan fingerprint density at radius 1 is 1.18 bits per heavy atom. The molecule has 2 amide bonds. The van der Waals surface area contributed by atoms with Gasteiger partial charge in [0.05, 0.1) is 28.3 Å². The van der Waals surface area contributed by atoms with Gasteiger partial charge in [-0.2, -0.15) is 0 Å². The number of thiazole rings is 1. The molecule has 1 atom stereocenters. The molecular weight excluding hydrogens is 468 g/mol. The highest BCUT2D eigenvalue weighted by Gasteiger charge is 2.27. The molecule has 0 saturated carbocycles. The van der Waals surface area contributed by atoms with Crippen LogP contribution in [-0.2, 0) is 4.79 Å². The third-order valence-electron chi connectivity index (χ3n) is 4.76. The van der Waals surface area contributed by atoms with Crippen LogP contribution < -0.4 is 15.4 Å². The number of ether oxygens (including phenoxy) is 1. The highest BCUT2D eigenvalue weighted by atomic mass is 35.5. The van der Waals surface area contributed by atoms with Crippen LogP contribution >= 0.6 is 22.9 Å². The number of nitrogens with zero attached hydrogens (tertiary/aromatic N) is 2. The van der Waals surface area contributed by atoms with Crippen molar-refractivity contribution in [2.24, 2.45) is 5.92 Å². The number of rotatable bonds is 8. The quantitative estimate of drug-likeness (QED) is 0.347. The van der Waals surface area contributed by atoms with Crippen LogP contribution in [-0.4, -0.2) is 34.9 Å². The summed E-state index contributed by atoms with van der Waals surface area (Å²) in [7, 11) is 1.59. The maximum Gasteiger partial charge on any atom is 0.270 e. The van der Waals surface area contributed by atoms with Crippen molar-refractivity contribution in [3.05, 3.63) is 68.5 Å². The molecule has 172 valence electrons. The average molecular weight is 489 g/mol. The summed E-state index contributed by atoms with van der Waals surface area (Å²) in [5.41, 5.74) is 1.19. The number of benzene rings is 2. The number of carbonyl (C=O) groups is 2. The molecule has 0 aliphatic carbocycles. The van der Waals surface area contributed by atoms with Gasteiger partial charge in [0.2, 0.25) is 5.91 Å². The number of nitro groups is 1. The van der Waals surface area contributed by atoms with E-state index in [1.54, 1.807) is 21.0 Å². The molecule has 1 heterocycles. The molecule has 0 bridgehead atoms. The van der Waals surface area contributed by atoms with E-state index in [9.17, 15) is 19.7 Å². The zero-order valence-electron chi connectivity index (χ0n) is 18.0.